The van der Waals surface area contributed by atoms with Crippen LogP contribution in [0.15, 0.2) is 46.0 Å². The number of hydrogen-bond donors (Lipinski definition) is 0. The van der Waals surface area contributed by atoms with Crippen LogP contribution in [-0.4, -0.2) is 16.0 Å². The Morgan fingerprint density at radius 3 is 3.06 bits per heavy atom. The summed E-state index contributed by atoms with van der Waals surface area (Å²) >= 11 is 3.51. The minimum atomic E-state index is -0.335. The Bertz CT molecular complexity index is 588. The van der Waals surface area contributed by atoms with Gasteiger partial charge >= 0.3 is 0 Å². The van der Waals surface area contributed by atoms with Gasteiger partial charge in [0.1, 0.15) is 5.54 Å². The van der Waals surface area contributed by atoms with Crippen molar-refractivity contribution in [2.45, 2.75) is 19.0 Å². The second kappa shape index (κ2) is 3.81. The molecule has 86 valence electrons. The van der Waals surface area contributed by atoms with E-state index >= 15 is 0 Å². The number of aliphatic imine (C=N–C) groups is 1. The largest absolute Gasteiger partial charge is 0.278 e. The van der Waals surface area contributed by atoms with E-state index in [0.29, 0.717) is 0 Å². The lowest BCUT2D eigenvalue weighted by Crippen LogP contribution is -2.29. The van der Waals surface area contributed by atoms with Crippen molar-refractivity contribution in [2.24, 2.45) is 4.99 Å². The number of halogens is 1. The molecule has 0 saturated carbocycles. The quantitative estimate of drug-likeness (QED) is 0.794. The van der Waals surface area contributed by atoms with Crippen molar-refractivity contribution in [1.82, 2.24) is 9.78 Å². The Hall–Kier alpha value is -1.42. The summed E-state index contributed by atoms with van der Waals surface area (Å²) in [4.78, 5) is 4.68. The third kappa shape index (κ3) is 1.63. The fraction of sp³-hybridized carbons (Fsp3) is 0.231. The standard InChI is InChI=1S/C13H12BrN3/c1-13(10-3-2-4-11(14)9-10)12-5-6-16-17(12)8-7-15-13/h2-7,9H,8H2,1H3. The van der Waals surface area contributed by atoms with Gasteiger partial charge in [0.05, 0.1) is 12.2 Å². The Labute approximate surface area is 108 Å². The van der Waals surface area contributed by atoms with Gasteiger partial charge in [-0.1, -0.05) is 28.1 Å². The highest BCUT2D eigenvalue weighted by Crippen LogP contribution is 2.35. The summed E-state index contributed by atoms with van der Waals surface area (Å²) in [6.07, 6.45) is 3.77. The third-order valence-electron chi connectivity index (χ3n) is 3.21. The molecule has 0 bridgehead atoms. The molecular formula is C13H12BrN3. The van der Waals surface area contributed by atoms with Gasteiger partial charge in [-0.3, -0.25) is 9.67 Å². The van der Waals surface area contributed by atoms with Crippen LogP contribution in [0.4, 0.5) is 0 Å². The molecule has 1 atom stereocenters. The first-order valence-electron chi connectivity index (χ1n) is 5.52. The minimum absolute atomic E-state index is 0.335. The highest BCUT2D eigenvalue weighted by atomic mass is 79.9. The lowest BCUT2D eigenvalue weighted by atomic mass is 9.88. The molecular weight excluding hydrogens is 278 g/mol. The molecule has 1 aliphatic rings. The van der Waals surface area contributed by atoms with Crippen molar-refractivity contribution in [3.05, 3.63) is 52.3 Å². The van der Waals surface area contributed by atoms with Gasteiger partial charge in [0, 0.05) is 16.9 Å². The summed E-state index contributed by atoms with van der Waals surface area (Å²) in [6.45, 7) is 2.88. The van der Waals surface area contributed by atoms with E-state index in [1.165, 1.54) is 5.56 Å². The maximum absolute atomic E-state index is 4.68. The van der Waals surface area contributed by atoms with Gasteiger partial charge in [-0.2, -0.15) is 5.10 Å². The average molecular weight is 290 g/mol. The number of rotatable bonds is 1. The first-order chi connectivity index (χ1) is 8.20. The third-order valence-corrected chi connectivity index (χ3v) is 3.70. The molecule has 0 spiro atoms. The van der Waals surface area contributed by atoms with E-state index in [4.69, 9.17) is 0 Å². The molecule has 0 radical (unpaired) electrons. The van der Waals surface area contributed by atoms with Crippen molar-refractivity contribution >= 4 is 22.1 Å². The fourth-order valence-corrected chi connectivity index (χ4v) is 2.67. The normalized spacial score (nSPS) is 22.5. The Balaban J connectivity index is 2.19. The summed E-state index contributed by atoms with van der Waals surface area (Å²) in [5.41, 5.74) is 1.97. The van der Waals surface area contributed by atoms with Gasteiger partial charge in [0.15, 0.2) is 0 Å². The summed E-state index contributed by atoms with van der Waals surface area (Å²) in [6, 6.07) is 10.3. The van der Waals surface area contributed by atoms with Gasteiger partial charge in [-0.15, -0.1) is 0 Å². The molecule has 1 unspecified atom stereocenters. The summed E-state index contributed by atoms with van der Waals surface area (Å²) in [5, 5.41) is 4.31. The summed E-state index contributed by atoms with van der Waals surface area (Å²) < 4.78 is 3.07. The number of hydrogen-bond acceptors (Lipinski definition) is 2. The van der Waals surface area contributed by atoms with Crippen LogP contribution in [-0.2, 0) is 12.1 Å². The van der Waals surface area contributed by atoms with Gasteiger partial charge in [-0.05, 0) is 30.7 Å². The Kier molecular flexibility index (Phi) is 2.40. The maximum Gasteiger partial charge on any atom is 0.124 e. The zero-order valence-electron chi connectivity index (χ0n) is 9.47. The van der Waals surface area contributed by atoms with Crippen molar-refractivity contribution in [1.29, 1.82) is 0 Å². The van der Waals surface area contributed by atoms with Crippen LogP contribution in [0.5, 0.6) is 0 Å². The molecule has 0 saturated heterocycles. The first kappa shape index (κ1) is 10.7. The van der Waals surface area contributed by atoms with E-state index in [1.54, 1.807) is 0 Å². The van der Waals surface area contributed by atoms with Crippen molar-refractivity contribution in [3.63, 3.8) is 0 Å². The highest BCUT2D eigenvalue weighted by molar-refractivity contribution is 9.10. The smallest absolute Gasteiger partial charge is 0.124 e. The minimum Gasteiger partial charge on any atom is -0.278 e. The molecule has 1 aliphatic heterocycles. The Morgan fingerprint density at radius 1 is 1.35 bits per heavy atom. The van der Waals surface area contributed by atoms with Crippen molar-refractivity contribution in [3.8, 4) is 0 Å². The predicted molar refractivity (Wildman–Crippen MR) is 71.3 cm³/mol. The lowest BCUT2D eigenvalue weighted by molar-refractivity contribution is 0.506. The molecule has 2 aromatic rings. The van der Waals surface area contributed by atoms with E-state index in [1.807, 2.05) is 35.3 Å². The monoisotopic (exact) mass is 289 g/mol. The molecule has 4 heteroatoms. The van der Waals surface area contributed by atoms with E-state index in [2.05, 4.69) is 45.1 Å². The van der Waals surface area contributed by atoms with Gasteiger partial charge in [-0.25, -0.2) is 0 Å². The van der Waals surface area contributed by atoms with Crippen LogP contribution in [0.25, 0.3) is 0 Å². The van der Waals surface area contributed by atoms with E-state index < -0.39 is 0 Å². The molecule has 0 amide bonds. The summed E-state index contributed by atoms with van der Waals surface area (Å²) in [5.74, 6) is 0. The number of aromatic nitrogens is 2. The fourth-order valence-electron chi connectivity index (χ4n) is 2.27. The number of nitrogens with zero attached hydrogens (tertiary/aromatic N) is 3. The van der Waals surface area contributed by atoms with Gasteiger partial charge in [0.25, 0.3) is 0 Å². The SMILES string of the molecule is CC1(c2cccc(Br)c2)N=CCn2nccc21. The molecule has 0 fully saturated rings. The van der Waals surface area contributed by atoms with Crippen LogP contribution >= 0.6 is 15.9 Å². The molecule has 3 nitrogen and oxygen atoms in total. The van der Waals surface area contributed by atoms with Gasteiger partial charge in [0.2, 0.25) is 0 Å². The topological polar surface area (TPSA) is 30.2 Å². The van der Waals surface area contributed by atoms with Crippen LogP contribution in [0, 0.1) is 0 Å². The summed E-state index contributed by atoms with van der Waals surface area (Å²) in [7, 11) is 0. The zero-order valence-corrected chi connectivity index (χ0v) is 11.1. The Morgan fingerprint density at radius 2 is 2.24 bits per heavy atom. The van der Waals surface area contributed by atoms with Crippen LogP contribution in [0.1, 0.15) is 18.2 Å². The van der Waals surface area contributed by atoms with E-state index in [-0.39, 0.29) is 5.54 Å². The molecule has 3 rings (SSSR count). The van der Waals surface area contributed by atoms with E-state index in [9.17, 15) is 0 Å². The van der Waals surface area contributed by atoms with Crippen molar-refractivity contribution < 1.29 is 0 Å². The second-order valence-corrected chi connectivity index (χ2v) is 5.21. The molecule has 17 heavy (non-hydrogen) atoms. The molecule has 0 aliphatic carbocycles. The van der Waals surface area contributed by atoms with Gasteiger partial charge < -0.3 is 0 Å². The first-order valence-corrected chi connectivity index (χ1v) is 6.31. The van der Waals surface area contributed by atoms with Crippen molar-refractivity contribution in [2.75, 3.05) is 0 Å². The molecule has 1 aromatic heterocycles. The zero-order chi connectivity index (χ0) is 11.9. The highest BCUT2D eigenvalue weighted by Gasteiger charge is 2.33. The molecule has 2 heterocycles. The second-order valence-electron chi connectivity index (χ2n) is 4.29. The van der Waals surface area contributed by atoms with Crippen LogP contribution < -0.4 is 0 Å². The predicted octanol–water partition coefficient (Wildman–Crippen LogP) is 2.99. The van der Waals surface area contributed by atoms with Crippen LogP contribution in [0.3, 0.4) is 0 Å². The molecule has 1 aromatic carbocycles. The number of fused-ring (bicyclic) bond motifs is 1. The maximum atomic E-state index is 4.68. The van der Waals surface area contributed by atoms with Crippen LogP contribution in [0.2, 0.25) is 0 Å². The lowest BCUT2D eigenvalue weighted by Gasteiger charge is -2.29. The average Bonchev–Trinajstić information content (AvgIpc) is 2.79. The van der Waals surface area contributed by atoms with E-state index in [0.717, 1.165) is 16.7 Å². The number of benzene rings is 1. The molecule has 0 N–H and O–H groups in total.